The van der Waals surface area contributed by atoms with E-state index in [9.17, 15) is 9.59 Å². The first-order valence-electron chi connectivity index (χ1n) is 9.16. The summed E-state index contributed by atoms with van der Waals surface area (Å²) in [6, 6.07) is 13.2. The molecular weight excluding hydrogens is 386 g/mol. The highest BCUT2D eigenvalue weighted by Crippen LogP contribution is 2.30. The quantitative estimate of drug-likeness (QED) is 0.373. The van der Waals surface area contributed by atoms with Crippen molar-refractivity contribution in [1.29, 1.82) is 0 Å². The van der Waals surface area contributed by atoms with Gasteiger partial charge in [-0.05, 0) is 42.8 Å². The van der Waals surface area contributed by atoms with Crippen molar-refractivity contribution in [1.82, 2.24) is 14.1 Å². The number of imidazole rings is 1. The van der Waals surface area contributed by atoms with Crippen molar-refractivity contribution >= 4 is 39.5 Å². The lowest BCUT2D eigenvalue weighted by molar-refractivity contribution is 0.102. The third-order valence-corrected chi connectivity index (χ3v) is 6.06. The van der Waals surface area contributed by atoms with Crippen LogP contribution in [0.1, 0.15) is 15.9 Å². The summed E-state index contributed by atoms with van der Waals surface area (Å²) in [5, 5.41) is 1.82. The van der Waals surface area contributed by atoms with Gasteiger partial charge in [0.25, 0.3) is 0 Å². The summed E-state index contributed by atoms with van der Waals surface area (Å²) in [6.45, 7) is 2.03. The highest BCUT2D eigenvalue weighted by molar-refractivity contribution is 7.99. The van der Waals surface area contributed by atoms with E-state index in [4.69, 9.17) is 4.74 Å². The molecule has 0 N–H and O–H groups in total. The minimum Gasteiger partial charge on any atom is -0.494 e. The van der Waals surface area contributed by atoms with E-state index in [1.807, 2.05) is 37.3 Å². The number of ketones is 1. The van der Waals surface area contributed by atoms with Crippen molar-refractivity contribution in [2.24, 2.45) is 14.1 Å². The molecule has 4 rings (SSSR count). The average Bonchev–Trinajstić information content (AvgIpc) is 2.95. The van der Waals surface area contributed by atoms with Gasteiger partial charge in [-0.3, -0.25) is 13.9 Å². The number of rotatable bonds is 5. The Morgan fingerprint density at radius 3 is 2.62 bits per heavy atom. The molecular formula is C22H21N3O3S. The second-order valence-electron chi connectivity index (χ2n) is 6.95. The Hall–Kier alpha value is -3.06. The molecule has 2 heterocycles. The maximum Gasteiger partial charge on any atom is 0.328 e. The Balaban J connectivity index is 1.61. The predicted octanol–water partition coefficient (Wildman–Crippen LogP) is 3.72. The van der Waals surface area contributed by atoms with Gasteiger partial charge in [-0.15, -0.1) is 0 Å². The number of methoxy groups -OCH3 is 1. The van der Waals surface area contributed by atoms with Crippen LogP contribution in [0.25, 0.3) is 21.9 Å². The summed E-state index contributed by atoms with van der Waals surface area (Å²) in [6.07, 6.45) is 0. The molecule has 0 radical (unpaired) electrons. The van der Waals surface area contributed by atoms with Crippen LogP contribution in [0.5, 0.6) is 5.75 Å². The van der Waals surface area contributed by atoms with Crippen LogP contribution in [-0.4, -0.2) is 32.8 Å². The van der Waals surface area contributed by atoms with Gasteiger partial charge < -0.3 is 4.74 Å². The summed E-state index contributed by atoms with van der Waals surface area (Å²) in [7, 11) is 5.06. The number of thioether (sulfide) groups is 1. The molecule has 0 saturated heterocycles. The molecule has 0 aliphatic heterocycles. The van der Waals surface area contributed by atoms with Gasteiger partial charge in [-0.2, -0.15) is 0 Å². The van der Waals surface area contributed by atoms with Crippen LogP contribution in [-0.2, 0) is 14.1 Å². The van der Waals surface area contributed by atoms with Crippen molar-refractivity contribution in [3.05, 3.63) is 64.1 Å². The number of Topliss-reactive ketones (excluding diaryl/α,β-unsaturated/α-hetero) is 1. The molecule has 4 aromatic rings. The first kappa shape index (κ1) is 19.3. The molecule has 0 saturated carbocycles. The zero-order valence-corrected chi connectivity index (χ0v) is 17.5. The smallest absolute Gasteiger partial charge is 0.328 e. The van der Waals surface area contributed by atoms with E-state index in [0.29, 0.717) is 5.56 Å². The monoisotopic (exact) mass is 407 g/mol. The molecule has 2 aromatic heterocycles. The van der Waals surface area contributed by atoms with Crippen LogP contribution in [0.2, 0.25) is 0 Å². The van der Waals surface area contributed by atoms with E-state index in [-0.39, 0.29) is 17.2 Å². The standard InChI is InChI=1S/C22H21N3O3S/c1-13-10-20(23-21-15(13)6-5-7-19(21)28-4)29-12-18(26)14-8-9-16-17(11-14)25(3)22(27)24(16)2/h5-11H,12H2,1-4H3. The largest absolute Gasteiger partial charge is 0.494 e. The number of carbonyl (C=O) groups excluding carboxylic acids is 1. The van der Waals surface area contributed by atoms with Crippen LogP contribution in [0, 0.1) is 6.92 Å². The van der Waals surface area contributed by atoms with E-state index in [0.717, 1.165) is 38.3 Å². The van der Waals surface area contributed by atoms with Crippen LogP contribution in [0.4, 0.5) is 0 Å². The van der Waals surface area contributed by atoms with Crippen molar-refractivity contribution in [3.8, 4) is 5.75 Å². The van der Waals surface area contributed by atoms with Gasteiger partial charge in [0.1, 0.15) is 11.3 Å². The highest BCUT2D eigenvalue weighted by Gasteiger charge is 2.14. The Morgan fingerprint density at radius 1 is 1.10 bits per heavy atom. The van der Waals surface area contributed by atoms with Crippen molar-refractivity contribution in [2.45, 2.75) is 11.9 Å². The summed E-state index contributed by atoms with van der Waals surface area (Å²) in [5.74, 6) is 0.974. The fourth-order valence-corrected chi connectivity index (χ4v) is 4.36. The number of hydrogen-bond donors (Lipinski definition) is 0. The number of fused-ring (bicyclic) bond motifs is 2. The fourth-order valence-electron chi connectivity index (χ4n) is 3.50. The van der Waals surface area contributed by atoms with E-state index in [1.165, 1.54) is 11.8 Å². The second-order valence-corrected chi connectivity index (χ2v) is 7.95. The van der Waals surface area contributed by atoms with Gasteiger partial charge in [-0.25, -0.2) is 9.78 Å². The summed E-state index contributed by atoms with van der Waals surface area (Å²) in [5.41, 5.74) is 3.92. The van der Waals surface area contributed by atoms with Crippen LogP contribution < -0.4 is 10.4 Å². The maximum atomic E-state index is 12.8. The number of carbonyl (C=O) groups is 1. The molecule has 7 heteroatoms. The van der Waals surface area contributed by atoms with Gasteiger partial charge in [-0.1, -0.05) is 23.9 Å². The van der Waals surface area contributed by atoms with Crippen LogP contribution in [0.3, 0.4) is 0 Å². The first-order chi connectivity index (χ1) is 13.9. The number of aryl methyl sites for hydroxylation is 3. The number of nitrogens with zero attached hydrogens (tertiary/aromatic N) is 3. The molecule has 0 bridgehead atoms. The minimum absolute atomic E-state index is 0.00669. The zero-order valence-electron chi connectivity index (χ0n) is 16.7. The number of aromatic nitrogens is 3. The highest BCUT2D eigenvalue weighted by atomic mass is 32.2. The number of ether oxygens (including phenoxy) is 1. The zero-order chi connectivity index (χ0) is 20.7. The molecule has 148 valence electrons. The Labute approximate surface area is 172 Å². The van der Waals surface area contributed by atoms with Gasteiger partial charge in [0.2, 0.25) is 0 Å². The molecule has 6 nitrogen and oxygen atoms in total. The van der Waals surface area contributed by atoms with Crippen molar-refractivity contribution in [2.75, 3.05) is 12.9 Å². The molecule has 2 aromatic carbocycles. The summed E-state index contributed by atoms with van der Waals surface area (Å²) < 4.78 is 8.56. The topological polar surface area (TPSA) is 66.1 Å². The lowest BCUT2D eigenvalue weighted by Gasteiger charge is -2.09. The summed E-state index contributed by atoms with van der Waals surface area (Å²) in [4.78, 5) is 29.5. The average molecular weight is 407 g/mol. The summed E-state index contributed by atoms with van der Waals surface area (Å²) >= 11 is 1.40. The number of benzene rings is 2. The molecule has 0 spiro atoms. The van der Waals surface area contributed by atoms with Gasteiger partial charge in [0.15, 0.2) is 5.78 Å². The Bertz CT molecular complexity index is 1320. The van der Waals surface area contributed by atoms with E-state index < -0.39 is 0 Å². The maximum absolute atomic E-state index is 12.8. The Morgan fingerprint density at radius 2 is 1.86 bits per heavy atom. The number of hydrogen-bond acceptors (Lipinski definition) is 5. The van der Waals surface area contributed by atoms with Crippen LogP contribution >= 0.6 is 11.8 Å². The molecule has 0 aliphatic carbocycles. The lowest BCUT2D eigenvalue weighted by Crippen LogP contribution is -2.19. The van der Waals surface area contributed by atoms with Crippen molar-refractivity contribution in [3.63, 3.8) is 0 Å². The van der Waals surface area contributed by atoms with E-state index >= 15 is 0 Å². The van der Waals surface area contributed by atoms with Gasteiger partial charge >= 0.3 is 5.69 Å². The van der Waals surface area contributed by atoms with Crippen molar-refractivity contribution < 1.29 is 9.53 Å². The normalized spacial score (nSPS) is 11.3. The minimum atomic E-state index is -0.108. The van der Waals surface area contributed by atoms with Gasteiger partial charge in [0, 0.05) is 25.0 Å². The fraction of sp³-hybridized carbons (Fsp3) is 0.227. The van der Waals surface area contributed by atoms with Crippen LogP contribution in [0.15, 0.2) is 52.3 Å². The molecule has 0 amide bonds. The van der Waals surface area contributed by atoms with E-state index in [1.54, 1.807) is 42.5 Å². The second kappa shape index (κ2) is 7.40. The first-order valence-corrected chi connectivity index (χ1v) is 10.1. The number of para-hydroxylation sites is 1. The predicted molar refractivity (Wildman–Crippen MR) is 116 cm³/mol. The lowest BCUT2D eigenvalue weighted by atomic mass is 10.1. The number of pyridine rings is 1. The SMILES string of the molecule is COc1cccc2c(C)cc(SCC(=O)c3ccc4c(c3)n(C)c(=O)n4C)nc12. The molecule has 0 atom stereocenters. The third kappa shape index (κ3) is 3.31. The van der Waals surface area contributed by atoms with Gasteiger partial charge in [0.05, 0.1) is 28.9 Å². The molecule has 0 fully saturated rings. The molecule has 0 unspecified atom stereocenters. The molecule has 0 aliphatic rings. The Kier molecular flexibility index (Phi) is 4.92. The third-order valence-electron chi connectivity index (χ3n) is 5.15. The molecule has 29 heavy (non-hydrogen) atoms. The van der Waals surface area contributed by atoms with E-state index in [2.05, 4.69) is 4.98 Å².